The summed E-state index contributed by atoms with van der Waals surface area (Å²) < 4.78 is 21.5. The predicted octanol–water partition coefficient (Wildman–Crippen LogP) is 4.50. The van der Waals surface area contributed by atoms with Gasteiger partial charge in [-0.05, 0) is 67.1 Å². The Morgan fingerprint density at radius 2 is 1.74 bits per heavy atom. The number of methoxy groups -OCH3 is 1. The van der Waals surface area contributed by atoms with E-state index in [1.54, 1.807) is 73.8 Å². The molecule has 3 aromatic rings. The summed E-state index contributed by atoms with van der Waals surface area (Å²) in [6, 6.07) is 18.3. The van der Waals surface area contributed by atoms with Crippen LogP contribution < -0.4 is 24.4 Å². The molecular weight excluding hydrogens is 460 g/mol. The van der Waals surface area contributed by atoms with Crippen molar-refractivity contribution in [2.24, 2.45) is 5.10 Å². The number of hydrazone groups is 1. The topological polar surface area (TPSA) is 95.5 Å². The van der Waals surface area contributed by atoms with Gasteiger partial charge in [-0.15, -0.1) is 0 Å². The van der Waals surface area contributed by atoms with Crippen molar-refractivity contribution < 1.29 is 28.5 Å². The summed E-state index contributed by atoms with van der Waals surface area (Å²) in [5.41, 5.74) is 3.37. The van der Waals surface area contributed by atoms with E-state index in [0.717, 1.165) is 0 Å². The van der Waals surface area contributed by atoms with Crippen LogP contribution in [0.1, 0.15) is 22.8 Å². The minimum Gasteiger partial charge on any atom is -0.497 e. The van der Waals surface area contributed by atoms with E-state index in [0.29, 0.717) is 40.0 Å². The third kappa shape index (κ3) is 6.98. The number of rotatable bonds is 10. The molecule has 0 saturated carbocycles. The number of esters is 1. The highest BCUT2D eigenvalue weighted by atomic mass is 35.5. The van der Waals surface area contributed by atoms with E-state index < -0.39 is 11.9 Å². The zero-order valence-corrected chi connectivity index (χ0v) is 19.4. The second-order valence-electron chi connectivity index (χ2n) is 6.77. The van der Waals surface area contributed by atoms with Gasteiger partial charge < -0.3 is 18.9 Å². The maximum Gasteiger partial charge on any atom is 0.343 e. The number of benzene rings is 3. The summed E-state index contributed by atoms with van der Waals surface area (Å²) in [6.07, 6.45) is 1.44. The van der Waals surface area contributed by atoms with Crippen molar-refractivity contribution in [2.45, 2.75) is 6.92 Å². The van der Waals surface area contributed by atoms with Crippen molar-refractivity contribution in [3.63, 3.8) is 0 Å². The third-order valence-corrected chi connectivity index (χ3v) is 4.71. The largest absolute Gasteiger partial charge is 0.497 e. The zero-order chi connectivity index (χ0) is 24.3. The Bertz CT molecular complexity index is 1160. The number of nitrogens with one attached hydrogen (secondary N) is 1. The van der Waals surface area contributed by atoms with Crippen molar-refractivity contribution in [3.8, 4) is 23.0 Å². The SMILES string of the molecule is CCOc1cc(/C=N\NC(=O)COc2ccccc2Cl)ccc1OC(=O)c1ccc(OC)cc1. The Kier molecular flexibility index (Phi) is 8.88. The van der Waals surface area contributed by atoms with Gasteiger partial charge in [0.25, 0.3) is 5.91 Å². The lowest BCUT2D eigenvalue weighted by Crippen LogP contribution is -2.24. The molecule has 0 spiro atoms. The van der Waals surface area contributed by atoms with Crippen LogP contribution in [0.3, 0.4) is 0 Å². The number of ether oxygens (including phenoxy) is 4. The van der Waals surface area contributed by atoms with Gasteiger partial charge in [0.15, 0.2) is 18.1 Å². The Hall–Kier alpha value is -4.04. The summed E-state index contributed by atoms with van der Waals surface area (Å²) in [5.74, 6) is 0.683. The van der Waals surface area contributed by atoms with Crippen molar-refractivity contribution in [3.05, 3.63) is 82.9 Å². The van der Waals surface area contributed by atoms with E-state index in [4.69, 9.17) is 30.5 Å². The molecule has 0 aliphatic rings. The van der Waals surface area contributed by atoms with E-state index in [9.17, 15) is 9.59 Å². The van der Waals surface area contributed by atoms with Gasteiger partial charge in [0.1, 0.15) is 11.5 Å². The molecule has 0 bridgehead atoms. The number of amides is 1. The predicted molar refractivity (Wildman–Crippen MR) is 128 cm³/mol. The lowest BCUT2D eigenvalue weighted by Gasteiger charge is -2.11. The van der Waals surface area contributed by atoms with Gasteiger partial charge in [0, 0.05) is 0 Å². The Morgan fingerprint density at radius 1 is 0.971 bits per heavy atom. The average Bonchev–Trinajstić information content (AvgIpc) is 2.85. The third-order valence-electron chi connectivity index (χ3n) is 4.39. The van der Waals surface area contributed by atoms with Crippen LogP contribution in [0, 0.1) is 0 Å². The molecule has 0 aliphatic carbocycles. The fourth-order valence-corrected chi connectivity index (χ4v) is 2.95. The van der Waals surface area contributed by atoms with Crippen LogP contribution >= 0.6 is 11.6 Å². The lowest BCUT2D eigenvalue weighted by molar-refractivity contribution is -0.123. The van der Waals surface area contributed by atoms with Gasteiger partial charge in [0.2, 0.25) is 0 Å². The Labute approximate surface area is 202 Å². The van der Waals surface area contributed by atoms with Gasteiger partial charge in [-0.2, -0.15) is 5.10 Å². The zero-order valence-electron chi connectivity index (χ0n) is 18.6. The molecule has 1 amide bonds. The first-order chi connectivity index (χ1) is 16.5. The standard InChI is InChI=1S/C25H23ClN2O6/c1-3-32-23-14-17(15-27-28-24(29)16-33-21-7-5-4-6-20(21)26)8-13-22(23)34-25(30)18-9-11-19(31-2)12-10-18/h4-15H,3,16H2,1-2H3,(H,28,29)/b27-15-. The maximum absolute atomic E-state index is 12.5. The minimum absolute atomic E-state index is 0.245. The highest BCUT2D eigenvalue weighted by molar-refractivity contribution is 6.32. The molecule has 0 atom stereocenters. The molecule has 3 aromatic carbocycles. The fourth-order valence-electron chi connectivity index (χ4n) is 2.76. The van der Waals surface area contributed by atoms with Gasteiger partial charge in [-0.25, -0.2) is 10.2 Å². The maximum atomic E-state index is 12.5. The number of nitrogens with zero attached hydrogens (tertiary/aromatic N) is 1. The quantitative estimate of drug-likeness (QED) is 0.198. The van der Waals surface area contributed by atoms with E-state index >= 15 is 0 Å². The van der Waals surface area contributed by atoms with Gasteiger partial charge in [0.05, 0.1) is 30.5 Å². The first kappa shape index (κ1) is 24.6. The van der Waals surface area contributed by atoms with Crippen LogP contribution in [0.2, 0.25) is 5.02 Å². The van der Waals surface area contributed by atoms with Crippen molar-refractivity contribution in [1.82, 2.24) is 5.43 Å². The van der Waals surface area contributed by atoms with E-state index in [-0.39, 0.29) is 12.4 Å². The molecule has 0 fully saturated rings. The highest BCUT2D eigenvalue weighted by Crippen LogP contribution is 2.29. The van der Waals surface area contributed by atoms with Gasteiger partial charge in [-0.3, -0.25) is 4.79 Å². The van der Waals surface area contributed by atoms with Crippen LogP contribution in [0.25, 0.3) is 0 Å². The van der Waals surface area contributed by atoms with Crippen LogP contribution in [-0.4, -0.2) is 38.4 Å². The molecule has 3 rings (SSSR count). The van der Waals surface area contributed by atoms with Gasteiger partial charge >= 0.3 is 5.97 Å². The normalized spacial score (nSPS) is 10.6. The molecule has 34 heavy (non-hydrogen) atoms. The van der Waals surface area contributed by atoms with Crippen LogP contribution in [0.15, 0.2) is 71.8 Å². The number of hydrogen-bond acceptors (Lipinski definition) is 7. The average molecular weight is 483 g/mol. The van der Waals surface area contributed by atoms with Crippen LogP contribution in [-0.2, 0) is 4.79 Å². The highest BCUT2D eigenvalue weighted by Gasteiger charge is 2.13. The van der Waals surface area contributed by atoms with Crippen molar-refractivity contribution in [1.29, 1.82) is 0 Å². The molecule has 0 aliphatic heterocycles. The number of para-hydroxylation sites is 1. The van der Waals surface area contributed by atoms with E-state index in [1.165, 1.54) is 6.21 Å². The summed E-state index contributed by atoms with van der Waals surface area (Å²) in [5, 5.41) is 4.33. The molecule has 176 valence electrons. The molecular formula is C25H23ClN2O6. The molecule has 8 nitrogen and oxygen atoms in total. The summed E-state index contributed by atoms with van der Waals surface area (Å²) >= 11 is 5.99. The summed E-state index contributed by atoms with van der Waals surface area (Å²) in [4.78, 5) is 24.4. The van der Waals surface area contributed by atoms with Crippen LogP contribution in [0.4, 0.5) is 0 Å². The minimum atomic E-state index is -0.532. The fraction of sp³-hybridized carbons (Fsp3) is 0.160. The van der Waals surface area contributed by atoms with Crippen LogP contribution in [0.5, 0.6) is 23.0 Å². The van der Waals surface area contributed by atoms with E-state index in [2.05, 4.69) is 10.5 Å². The van der Waals surface area contributed by atoms with E-state index in [1.807, 2.05) is 6.92 Å². The monoisotopic (exact) mass is 482 g/mol. The number of carbonyl (C=O) groups excluding carboxylic acids is 2. The number of hydrogen-bond donors (Lipinski definition) is 1. The number of halogens is 1. The molecule has 0 saturated heterocycles. The molecule has 0 heterocycles. The second kappa shape index (κ2) is 12.3. The first-order valence-electron chi connectivity index (χ1n) is 10.3. The summed E-state index contributed by atoms with van der Waals surface area (Å²) in [6.45, 7) is 1.93. The molecule has 0 radical (unpaired) electrons. The molecule has 0 aromatic heterocycles. The first-order valence-corrected chi connectivity index (χ1v) is 10.7. The second-order valence-corrected chi connectivity index (χ2v) is 7.18. The van der Waals surface area contributed by atoms with Gasteiger partial charge in [-0.1, -0.05) is 23.7 Å². The lowest BCUT2D eigenvalue weighted by atomic mass is 10.2. The number of carbonyl (C=O) groups is 2. The molecule has 0 unspecified atom stereocenters. The smallest absolute Gasteiger partial charge is 0.343 e. The summed E-state index contributed by atoms with van der Waals surface area (Å²) in [7, 11) is 1.55. The van der Waals surface area contributed by atoms with Crippen molar-refractivity contribution >= 4 is 29.7 Å². The van der Waals surface area contributed by atoms with Crippen molar-refractivity contribution in [2.75, 3.05) is 20.3 Å². The molecule has 1 N–H and O–H groups in total. The Morgan fingerprint density at radius 3 is 2.44 bits per heavy atom. The Balaban J connectivity index is 1.60. The molecule has 9 heteroatoms.